The van der Waals surface area contributed by atoms with E-state index in [0.29, 0.717) is 47.1 Å². The van der Waals surface area contributed by atoms with Crippen molar-refractivity contribution in [3.63, 3.8) is 0 Å². The Balaban J connectivity index is 1.67. The highest BCUT2D eigenvalue weighted by atomic mass is 35.5. The molecule has 0 radical (unpaired) electrons. The number of nitrogens with one attached hydrogen (secondary N) is 1. The summed E-state index contributed by atoms with van der Waals surface area (Å²) in [6.07, 6.45) is 0.930. The van der Waals surface area contributed by atoms with Crippen LogP contribution in [0.5, 0.6) is 5.75 Å². The maximum atomic E-state index is 12.1. The van der Waals surface area contributed by atoms with Crippen molar-refractivity contribution in [2.45, 2.75) is 39.2 Å². The highest BCUT2D eigenvalue weighted by molar-refractivity contribution is 6.35. The summed E-state index contributed by atoms with van der Waals surface area (Å²) in [4.78, 5) is 24.2. The molecular formula is C25H29ClN2O5. The molecule has 0 fully saturated rings. The minimum absolute atomic E-state index is 0.396. The lowest BCUT2D eigenvalue weighted by atomic mass is 10.1. The first-order valence-electron chi connectivity index (χ1n) is 10.7. The van der Waals surface area contributed by atoms with Crippen molar-refractivity contribution < 1.29 is 23.8 Å². The number of fused-ring (bicyclic) bond motifs is 1. The van der Waals surface area contributed by atoms with Crippen LogP contribution in [0.15, 0.2) is 42.5 Å². The highest BCUT2D eigenvalue weighted by Gasteiger charge is 2.19. The van der Waals surface area contributed by atoms with Crippen LogP contribution in [-0.2, 0) is 22.9 Å². The first kappa shape index (κ1) is 24.5. The monoisotopic (exact) mass is 472 g/mol. The number of amides is 1. The number of halogens is 1. The molecule has 3 aromatic rings. The van der Waals surface area contributed by atoms with E-state index < -0.39 is 17.7 Å². The summed E-state index contributed by atoms with van der Waals surface area (Å²) in [7, 11) is 3.10. The molecule has 1 aromatic heterocycles. The molecule has 0 atom stereocenters. The topological polar surface area (TPSA) is 78.8 Å². The van der Waals surface area contributed by atoms with Crippen molar-refractivity contribution in [1.29, 1.82) is 0 Å². The molecule has 2 aromatic carbocycles. The molecule has 0 aliphatic rings. The van der Waals surface area contributed by atoms with Crippen LogP contribution in [0.3, 0.4) is 0 Å². The largest absolute Gasteiger partial charge is 0.493 e. The Labute approximate surface area is 198 Å². The van der Waals surface area contributed by atoms with E-state index in [4.69, 9.17) is 25.8 Å². The summed E-state index contributed by atoms with van der Waals surface area (Å²) in [5.74, 6) is 0.199. The molecule has 1 heterocycles. The van der Waals surface area contributed by atoms with Gasteiger partial charge >= 0.3 is 12.1 Å². The fourth-order valence-corrected chi connectivity index (χ4v) is 3.83. The lowest BCUT2D eigenvalue weighted by Crippen LogP contribution is -2.27. The third-order valence-corrected chi connectivity index (χ3v) is 5.31. The number of nitrogens with zero attached hydrogens (tertiary/aromatic N) is 1. The number of carbonyl (C=O) groups excluding carboxylic acids is 2. The second kappa shape index (κ2) is 10.2. The van der Waals surface area contributed by atoms with Crippen molar-refractivity contribution in [3.05, 3.63) is 58.7 Å². The SMILES string of the molecule is COC(=O)c1cc2c(OCCCc3ccccc3NC(=O)OC(C)(C)C)ccc(Cl)c2n1C. The number of carbonyl (C=O) groups is 2. The van der Waals surface area contributed by atoms with E-state index in [1.807, 2.05) is 45.0 Å². The first-order chi connectivity index (χ1) is 15.6. The van der Waals surface area contributed by atoms with E-state index >= 15 is 0 Å². The second-order valence-electron chi connectivity index (χ2n) is 8.62. The molecule has 0 aliphatic heterocycles. The standard InChI is InChI=1S/C25H29ClN2O5/c1-25(2,3)33-24(30)27-19-11-7-6-9-16(19)10-8-14-32-21-13-12-18(26)22-17(21)15-20(28(22)4)23(29)31-5/h6-7,9,11-13,15H,8,10,14H2,1-5H3,(H,27,30). The summed E-state index contributed by atoms with van der Waals surface area (Å²) in [5.41, 5.74) is 2.24. The number of aromatic nitrogens is 1. The number of methoxy groups -OCH3 is 1. The normalized spacial score (nSPS) is 11.3. The Bertz CT molecular complexity index is 1160. The van der Waals surface area contributed by atoms with E-state index in [9.17, 15) is 9.59 Å². The Morgan fingerprint density at radius 3 is 2.55 bits per heavy atom. The van der Waals surface area contributed by atoms with E-state index in [-0.39, 0.29) is 0 Å². The molecule has 0 saturated carbocycles. The van der Waals surface area contributed by atoms with Crippen LogP contribution in [-0.4, -0.2) is 35.9 Å². The smallest absolute Gasteiger partial charge is 0.412 e. The second-order valence-corrected chi connectivity index (χ2v) is 9.03. The fraction of sp³-hybridized carbons (Fsp3) is 0.360. The zero-order valence-corrected chi connectivity index (χ0v) is 20.3. The van der Waals surface area contributed by atoms with Crippen LogP contribution in [0.4, 0.5) is 10.5 Å². The Kier molecular flexibility index (Phi) is 7.53. The van der Waals surface area contributed by atoms with E-state index in [2.05, 4.69) is 5.32 Å². The Morgan fingerprint density at radius 2 is 1.85 bits per heavy atom. The van der Waals surface area contributed by atoms with Crippen molar-refractivity contribution in [3.8, 4) is 5.75 Å². The number of anilines is 1. The van der Waals surface area contributed by atoms with Crippen LogP contribution in [0, 0.1) is 0 Å². The Morgan fingerprint density at radius 1 is 1.12 bits per heavy atom. The van der Waals surface area contributed by atoms with Gasteiger partial charge in [0.05, 0.1) is 24.3 Å². The maximum absolute atomic E-state index is 12.1. The number of aryl methyl sites for hydroxylation is 2. The zero-order valence-electron chi connectivity index (χ0n) is 19.5. The van der Waals surface area contributed by atoms with Gasteiger partial charge in [-0.2, -0.15) is 0 Å². The van der Waals surface area contributed by atoms with Gasteiger partial charge in [0.1, 0.15) is 17.0 Å². The molecular weight excluding hydrogens is 444 g/mol. The number of ether oxygens (including phenoxy) is 3. The molecule has 0 unspecified atom stereocenters. The molecule has 1 N–H and O–H groups in total. The van der Waals surface area contributed by atoms with Gasteiger partial charge in [-0.1, -0.05) is 29.8 Å². The van der Waals surface area contributed by atoms with Gasteiger partial charge in [-0.3, -0.25) is 5.32 Å². The quantitative estimate of drug-likeness (QED) is 0.338. The van der Waals surface area contributed by atoms with Crippen LogP contribution < -0.4 is 10.1 Å². The molecule has 0 bridgehead atoms. The summed E-state index contributed by atoms with van der Waals surface area (Å²) >= 11 is 6.36. The Hall–Kier alpha value is -3.19. The van der Waals surface area contributed by atoms with E-state index in [1.165, 1.54) is 7.11 Å². The number of benzene rings is 2. The van der Waals surface area contributed by atoms with Crippen molar-refractivity contribution in [1.82, 2.24) is 4.57 Å². The van der Waals surface area contributed by atoms with Gasteiger partial charge in [-0.05, 0) is 63.4 Å². The van der Waals surface area contributed by atoms with Crippen LogP contribution in [0.2, 0.25) is 5.02 Å². The lowest BCUT2D eigenvalue weighted by Gasteiger charge is -2.20. The average Bonchev–Trinajstić information content (AvgIpc) is 3.10. The third kappa shape index (κ3) is 5.99. The number of esters is 1. The molecule has 7 nitrogen and oxygen atoms in total. The van der Waals surface area contributed by atoms with Gasteiger partial charge in [0.25, 0.3) is 0 Å². The van der Waals surface area contributed by atoms with Gasteiger partial charge in [0.2, 0.25) is 0 Å². The summed E-state index contributed by atoms with van der Waals surface area (Å²) in [6.45, 7) is 5.92. The molecule has 176 valence electrons. The van der Waals surface area contributed by atoms with Crippen LogP contribution in [0.25, 0.3) is 10.9 Å². The number of hydrogen-bond donors (Lipinski definition) is 1. The fourth-order valence-electron chi connectivity index (χ4n) is 3.54. The van der Waals surface area contributed by atoms with Crippen molar-refractivity contribution in [2.24, 2.45) is 7.05 Å². The predicted molar refractivity (Wildman–Crippen MR) is 129 cm³/mol. The molecule has 0 saturated heterocycles. The molecule has 8 heteroatoms. The molecule has 3 rings (SSSR count). The van der Waals surface area contributed by atoms with Gasteiger partial charge < -0.3 is 18.8 Å². The highest BCUT2D eigenvalue weighted by Crippen LogP contribution is 2.34. The molecule has 33 heavy (non-hydrogen) atoms. The van der Waals surface area contributed by atoms with Crippen LogP contribution in [0.1, 0.15) is 43.2 Å². The van der Waals surface area contributed by atoms with Crippen LogP contribution >= 0.6 is 11.6 Å². The van der Waals surface area contributed by atoms with Gasteiger partial charge in [0.15, 0.2) is 0 Å². The van der Waals surface area contributed by atoms with Crippen molar-refractivity contribution >= 4 is 40.3 Å². The summed E-state index contributed by atoms with van der Waals surface area (Å²) in [5, 5.41) is 4.09. The average molecular weight is 473 g/mol. The van der Waals surface area contributed by atoms with E-state index in [0.717, 1.165) is 10.9 Å². The number of rotatable bonds is 7. The molecule has 1 amide bonds. The van der Waals surface area contributed by atoms with Gasteiger partial charge in [-0.25, -0.2) is 9.59 Å². The molecule has 0 spiro atoms. The number of para-hydroxylation sites is 1. The maximum Gasteiger partial charge on any atom is 0.412 e. The lowest BCUT2D eigenvalue weighted by molar-refractivity contribution is 0.0588. The third-order valence-electron chi connectivity index (χ3n) is 5.00. The zero-order chi connectivity index (χ0) is 24.2. The molecule has 0 aliphatic carbocycles. The first-order valence-corrected chi connectivity index (χ1v) is 11.1. The number of hydrogen-bond acceptors (Lipinski definition) is 5. The minimum atomic E-state index is -0.568. The summed E-state index contributed by atoms with van der Waals surface area (Å²) in [6, 6.07) is 12.9. The van der Waals surface area contributed by atoms with Gasteiger partial charge in [-0.15, -0.1) is 0 Å². The predicted octanol–water partition coefficient (Wildman–Crippen LogP) is 5.98. The minimum Gasteiger partial charge on any atom is -0.493 e. The van der Waals surface area contributed by atoms with Gasteiger partial charge in [0, 0.05) is 18.1 Å². The summed E-state index contributed by atoms with van der Waals surface area (Å²) < 4.78 is 17.9. The van der Waals surface area contributed by atoms with E-state index in [1.54, 1.807) is 29.8 Å². The van der Waals surface area contributed by atoms with Crippen molar-refractivity contribution in [2.75, 3.05) is 19.0 Å².